The second-order valence-electron chi connectivity index (χ2n) is 7.54. The number of nitrogens with zero attached hydrogens (tertiary/aromatic N) is 2. The SMILES string of the molecule is Nc1ccc([C@@H](O)CNC[C@H]2CCc3cc(-c4cc(OC(=O)O)ccn4)ccc3O2)cn1. The zero-order chi connectivity index (χ0) is 22.5. The van der Waals surface area contributed by atoms with E-state index in [2.05, 4.69) is 15.3 Å². The summed E-state index contributed by atoms with van der Waals surface area (Å²) in [6.07, 6.45) is 2.72. The molecule has 0 bridgehead atoms. The molecule has 0 radical (unpaired) electrons. The molecule has 9 heteroatoms. The third-order valence-electron chi connectivity index (χ3n) is 5.23. The van der Waals surface area contributed by atoms with Crippen LogP contribution in [0.5, 0.6) is 11.5 Å². The molecule has 0 spiro atoms. The Morgan fingerprint density at radius 3 is 2.91 bits per heavy atom. The van der Waals surface area contributed by atoms with Gasteiger partial charge >= 0.3 is 6.16 Å². The first kappa shape index (κ1) is 21.5. The van der Waals surface area contributed by atoms with E-state index in [0.29, 0.717) is 30.2 Å². The van der Waals surface area contributed by atoms with Crippen molar-refractivity contribution in [3.8, 4) is 22.8 Å². The Bertz CT molecular complexity index is 1090. The minimum absolute atomic E-state index is 0.00416. The number of aryl methyl sites for hydroxylation is 1. The van der Waals surface area contributed by atoms with E-state index in [1.165, 1.54) is 12.3 Å². The van der Waals surface area contributed by atoms with Crippen LogP contribution in [0.3, 0.4) is 0 Å². The summed E-state index contributed by atoms with van der Waals surface area (Å²) in [5.74, 6) is 1.45. The van der Waals surface area contributed by atoms with Gasteiger partial charge < -0.3 is 30.7 Å². The molecule has 0 fully saturated rings. The van der Waals surface area contributed by atoms with E-state index in [-0.39, 0.29) is 11.9 Å². The molecule has 3 heterocycles. The Morgan fingerprint density at radius 1 is 1.25 bits per heavy atom. The molecule has 5 N–H and O–H groups in total. The molecule has 1 aliphatic heterocycles. The smallest absolute Gasteiger partial charge is 0.489 e. The van der Waals surface area contributed by atoms with Crippen molar-refractivity contribution < 1.29 is 24.5 Å². The summed E-state index contributed by atoms with van der Waals surface area (Å²) in [6.45, 7) is 0.995. The molecule has 4 rings (SSSR count). The van der Waals surface area contributed by atoms with Gasteiger partial charge in [-0.15, -0.1) is 0 Å². The van der Waals surface area contributed by atoms with Gasteiger partial charge in [-0.2, -0.15) is 0 Å². The number of hydrogen-bond donors (Lipinski definition) is 4. The summed E-state index contributed by atoms with van der Waals surface area (Å²) in [7, 11) is 0. The topological polar surface area (TPSA) is 140 Å². The number of benzene rings is 1. The molecule has 32 heavy (non-hydrogen) atoms. The highest BCUT2D eigenvalue weighted by molar-refractivity contribution is 5.66. The number of pyridine rings is 2. The van der Waals surface area contributed by atoms with E-state index < -0.39 is 12.3 Å². The number of rotatable bonds is 7. The molecule has 2 atom stereocenters. The highest BCUT2D eigenvalue weighted by atomic mass is 16.7. The van der Waals surface area contributed by atoms with Crippen molar-refractivity contribution >= 4 is 12.0 Å². The number of fused-ring (bicyclic) bond motifs is 1. The minimum atomic E-state index is -1.36. The van der Waals surface area contributed by atoms with E-state index in [0.717, 1.165) is 29.7 Å². The number of carboxylic acid groups (broad SMARTS) is 1. The van der Waals surface area contributed by atoms with Gasteiger partial charge in [-0.25, -0.2) is 9.78 Å². The zero-order valence-corrected chi connectivity index (χ0v) is 17.3. The standard InChI is InChI=1S/C23H24N4O5/c24-22-6-3-16(11-27-22)20(28)13-25-12-18-4-1-15-9-14(2-5-21(15)31-18)19-10-17(7-8-26-19)32-23(29)30/h2-3,5-11,18,20,25,28H,1,4,12-13H2,(H2,24,27)(H,29,30)/t18-,20+/m1/s1. The molecule has 0 aliphatic carbocycles. The number of nitrogens with one attached hydrogen (secondary N) is 1. The highest BCUT2D eigenvalue weighted by Gasteiger charge is 2.21. The minimum Gasteiger partial charge on any atom is -0.489 e. The predicted molar refractivity (Wildman–Crippen MR) is 118 cm³/mol. The van der Waals surface area contributed by atoms with E-state index >= 15 is 0 Å². The number of ether oxygens (including phenoxy) is 2. The Labute approximate surface area is 184 Å². The van der Waals surface area contributed by atoms with Gasteiger partial charge in [0.15, 0.2) is 0 Å². The Morgan fingerprint density at radius 2 is 2.12 bits per heavy atom. The first-order chi connectivity index (χ1) is 15.5. The molecule has 3 aromatic rings. The molecular formula is C23H24N4O5. The maximum Gasteiger partial charge on any atom is 0.511 e. The van der Waals surface area contributed by atoms with Crippen LogP contribution in [0, 0.1) is 0 Å². The fourth-order valence-corrected chi connectivity index (χ4v) is 3.59. The molecule has 0 unspecified atom stereocenters. The molecule has 0 saturated heterocycles. The van der Waals surface area contributed by atoms with E-state index in [1.807, 2.05) is 18.2 Å². The molecule has 1 aliphatic rings. The number of nitrogen functional groups attached to an aromatic ring is 1. The van der Waals surface area contributed by atoms with Crippen molar-refractivity contribution in [2.24, 2.45) is 0 Å². The first-order valence-electron chi connectivity index (χ1n) is 10.2. The summed E-state index contributed by atoms with van der Waals surface area (Å²) in [5.41, 5.74) is 8.84. The summed E-state index contributed by atoms with van der Waals surface area (Å²) in [5, 5.41) is 22.3. The number of hydrogen-bond acceptors (Lipinski definition) is 8. The van der Waals surface area contributed by atoms with Gasteiger partial charge in [-0.05, 0) is 48.7 Å². The lowest BCUT2D eigenvalue weighted by Crippen LogP contribution is -2.36. The average Bonchev–Trinajstić information content (AvgIpc) is 2.79. The van der Waals surface area contributed by atoms with Crippen molar-refractivity contribution in [2.75, 3.05) is 18.8 Å². The van der Waals surface area contributed by atoms with Crippen LogP contribution in [0.25, 0.3) is 11.3 Å². The average molecular weight is 436 g/mol. The van der Waals surface area contributed by atoms with Gasteiger partial charge in [-0.1, -0.05) is 6.07 Å². The van der Waals surface area contributed by atoms with Crippen LogP contribution in [0.2, 0.25) is 0 Å². The second-order valence-corrected chi connectivity index (χ2v) is 7.54. The summed E-state index contributed by atoms with van der Waals surface area (Å²) in [4.78, 5) is 19.1. The maximum absolute atomic E-state index is 10.7. The second kappa shape index (κ2) is 9.63. The molecular weight excluding hydrogens is 412 g/mol. The van der Waals surface area contributed by atoms with E-state index in [9.17, 15) is 9.90 Å². The predicted octanol–water partition coefficient (Wildman–Crippen LogP) is 2.80. The fraction of sp³-hybridized carbons (Fsp3) is 0.261. The van der Waals surface area contributed by atoms with Crippen LogP contribution in [-0.2, 0) is 6.42 Å². The molecule has 1 aromatic carbocycles. The molecule has 2 aromatic heterocycles. The van der Waals surface area contributed by atoms with Gasteiger partial charge in [0.05, 0.1) is 11.8 Å². The van der Waals surface area contributed by atoms with Gasteiger partial charge in [-0.3, -0.25) is 4.98 Å². The number of carbonyl (C=O) groups is 1. The normalized spacial score (nSPS) is 16.0. The van der Waals surface area contributed by atoms with E-state index in [1.54, 1.807) is 24.4 Å². The van der Waals surface area contributed by atoms with Gasteiger partial charge in [0.2, 0.25) is 0 Å². The fourth-order valence-electron chi connectivity index (χ4n) is 3.59. The van der Waals surface area contributed by atoms with Gasteiger partial charge in [0, 0.05) is 42.7 Å². The third-order valence-corrected chi connectivity index (χ3v) is 5.23. The first-order valence-corrected chi connectivity index (χ1v) is 10.2. The summed E-state index contributed by atoms with van der Waals surface area (Å²) >= 11 is 0. The van der Waals surface area contributed by atoms with Crippen LogP contribution < -0.4 is 20.5 Å². The van der Waals surface area contributed by atoms with Crippen LogP contribution >= 0.6 is 0 Å². The molecule has 0 amide bonds. The summed E-state index contributed by atoms with van der Waals surface area (Å²) in [6, 6.07) is 12.3. The number of aliphatic hydroxyl groups is 1. The number of anilines is 1. The zero-order valence-electron chi connectivity index (χ0n) is 17.3. The number of aliphatic hydroxyl groups excluding tert-OH is 1. The lowest BCUT2D eigenvalue weighted by atomic mass is 9.98. The van der Waals surface area contributed by atoms with Crippen molar-refractivity contribution in [2.45, 2.75) is 25.0 Å². The largest absolute Gasteiger partial charge is 0.511 e. The van der Waals surface area contributed by atoms with Crippen LogP contribution in [0.1, 0.15) is 23.7 Å². The maximum atomic E-state index is 10.7. The lowest BCUT2D eigenvalue weighted by Gasteiger charge is -2.27. The summed E-state index contributed by atoms with van der Waals surface area (Å²) < 4.78 is 10.8. The third kappa shape index (κ3) is 5.32. The van der Waals surface area contributed by atoms with Crippen molar-refractivity contribution in [3.63, 3.8) is 0 Å². The highest BCUT2D eigenvalue weighted by Crippen LogP contribution is 2.32. The van der Waals surface area contributed by atoms with Crippen molar-refractivity contribution in [1.29, 1.82) is 0 Å². The molecule has 166 valence electrons. The quantitative estimate of drug-likeness (QED) is 0.412. The van der Waals surface area contributed by atoms with E-state index in [4.69, 9.17) is 20.3 Å². The Balaban J connectivity index is 1.33. The Hall–Kier alpha value is -3.69. The number of aromatic nitrogens is 2. The van der Waals surface area contributed by atoms with Gasteiger partial charge in [0.1, 0.15) is 23.4 Å². The molecule has 9 nitrogen and oxygen atoms in total. The van der Waals surface area contributed by atoms with Crippen LogP contribution in [-0.4, -0.2) is 45.5 Å². The van der Waals surface area contributed by atoms with Crippen LogP contribution in [0.4, 0.5) is 10.6 Å². The number of nitrogens with two attached hydrogens (primary N) is 1. The van der Waals surface area contributed by atoms with Crippen molar-refractivity contribution in [1.82, 2.24) is 15.3 Å². The van der Waals surface area contributed by atoms with Gasteiger partial charge in [0.25, 0.3) is 0 Å². The monoisotopic (exact) mass is 436 g/mol. The van der Waals surface area contributed by atoms with Crippen molar-refractivity contribution in [3.05, 3.63) is 66.0 Å². The molecule has 0 saturated carbocycles. The van der Waals surface area contributed by atoms with Crippen LogP contribution in [0.15, 0.2) is 54.9 Å². The Kier molecular flexibility index (Phi) is 6.48. The lowest BCUT2D eigenvalue weighted by molar-refractivity contribution is 0.144.